The molecule has 0 aromatic heterocycles. The molecule has 2 rings (SSSR count). The number of hydrogen-bond acceptors (Lipinski definition) is 3. The van der Waals surface area contributed by atoms with Gasteiger partial charge in [0.25, 0.3) is 0 Å². The third-order valence-electron chi connectivity index (χ3n) is 3.62. The minimum absolute atomic E-state index is 0.112. The fourth-order valence-electron chi connectivity index (χ4n) is 2.62. The molecule has 1 aliphatic heterocycles. The molecule has 3 N–H and O–H groups in total. The van der Waals surface area contributed by atoms with Crippen molar-refractivity contribution in [3.8, 4) is 0 Å². The number of nitrogens with two attached hydrogens (primary N) is 1. The lowest BCUT2D eigenvalue weighted by atomic mass is 9.96. The van der Waals surface area contributed by atoms with Crippen LogP contribution < -0.4 is 10.6 Å². The van der Waals surface area contributed by atoms with E-state index in [1.165, 1.54) is 0 Å². The molecule has 0 bridgehead atoms. The van der Waals surface area contributed by atoms with Gasteiger partial charge in [0.1, 0.15) is 5.84 Å². The summed E-state index contributed by atoms with van der Waals surface area (Å²) in [6, 6.07) is 5.96. The van der Waals surface area contributed by atoms with Gasteiger partial charge in [0, 0.05) is 37.0 Å². The third kappa shape index (κ3) is 3.28. The van der Waals surface area contributed by atoms with Crippen molar-refractivity contribution in [3.63, 3.8) is 0 Å². The summed E-state index contributed by atoms with van der Waals surface area (Å²) in [7, 11) is 1.76. The Labute approximate surface area is 122 Å². The topological polar surface area (TPSA) is 62.3 Å². The molecule has 0 radical (unpaired) electrons. The number of ether oxygens (including phenoxy) is 1. The van der Waals surface area contributed by atoms with E-state index in [0.29, 0.717) is 5.92 Å². The molecule has 0 aliphatic carbocycles. The molecule has 1 aliphatic rings. The van der Waals surface area contributed by atoms with Gasteiger partial charge >= 0.3 is 0 Å². The molecular weight excluding hydrogens is 306 g/mol. The number of nitrogen functional groups attached to an aromatic ring is 1. The molecule has 0 atom stereocenters. The van der Waals surface area contributed by atoms with Crippen LogP contribution >= 0.6 is 15.9 Å². The number of amidine groups is 1. The normalized spacial score (nSPS) is 16.6. The van der Waals surface area contributed by atoms with E-state index in [1.807, 2.05) is 18.2 Å². The molecular formula is C14H20BrN3O. The van der Waals surface area contributed by atoms with Gasteiger partial charge < -0.3 is 15.4 Å². The summed E-state index contributed by atoms with van der Waals surface area (Å²) in [6.07, 6.45) is 2.25. The van der Waals surface area contributed by atoms with Crippen LogP contribution in [0.5, 0.6) is 0 Å². The predicted molar refractivity (Wildman–Crippen MR) is 82.0 cm³/mol. The zero-order chi connectivity index (χ0) is 13.8. The number of hydrogen-bond donors (Lipinski definition) is 2. The summed E-state index contributed by atoms with van der Waals surface area (Å²) < 4.78 is 6.11. The minimum atomic E-state index is 0.112. The number of piperidine rings is 1. The Hall–Kier alpha value is -1.07. The minimum Gasteiger partial charge on any atom is -0.384 e. The first-order chi connectivity index (χ1) is 9.13. The molecule has 0 spiro atoms. The summed E-state index contributed by atoms with van der Waals surface area (Å²) >= 11 is 3.48. The maximum Gasteiger partial charge on any atom is 0.126 e. The molecule has 0 unspecified atom stereocenters. The maximum atomic E-state index is 7.74. The van der Waals surface area contributed by atoms with Crippen molar-refractivity contribution >= 4 is 27.5 Å². The van der Waals surface area contributed by atoms with Crippen molar-refractivity contribution < 1.29 is 4.74 Å². The lowest BCUT2D eigenvalue weighted by molar-refractivity contribution is 0.139. The highest BCUT2D eigenvalue weighted by Gasteiger charge is 2.22. The second-order valence-electron chi connectivity index (χ2n) is 4.93. The van der Waals surface area contributed by atoms with Crippen LogP contribution in [0.3, 0.4) is 0 Å². The van der Waals surface area contributed by atoms with E-state index in [4.69, 9.17) is 15.9 Å². The second-order valence-corrected chi connectivity index (χ2v) is 5.79. The number of nitrogens with zero attached hydrogens (tertiary/aromatic N) is 1. The van der Waals surface area contributed by atoms with Crippen molar-refractivity contribution in [1.29, 1.82) is 5.41 Å². The van der Waals surface area contributed by atoms with E-state index in [0.717, 1.165) is 48.3 Å². The molecule has 0 saturated carbocycles. The van der Waals surface area contributed by atoms with E-state index < -0.39 is 0 Å². The molecule has 104 valence electrons. The fraction of sp³-hybridized carbons (Fsp3) is 0.500. The van der Waals surface area contributed by atoms with Gasteiger partial charge in [0.2, 0.25) is 0 Å². The van der Waals surface area contributed by atoms with Gasteiger partial charge in [0.15, 0.2) is 0 Å². The molecule has 4 nitrogen and oxygen atoms in total. The number of rotatable bonds is 4. The Balaban J connectivity index is 2.15. The van der Waals surface area contributed by atoms with Crippen LogP contribution in [0.15, 0.2) is 22.7 Å². The Morgan fingerprint density at radius 2 is 2.16 bits per heavy atom. The van der Waals surface area contributed by atoms with Crippen LogP contribution in [-0.4, -0.2) is 32.6 Å². The van der Waals surface area contributed by atoms with Crippen LogP contribution in [0.4, 0.5) is 5.69 Å². The van der Waals surface area contributed by atoms with Gasteiger partial charge in [0.05, 0.1) is 5.56 Å². The average Bonchev–Trinajstić information content (AvgIpc) is 2.39. The molecule has 1 saturated heterocycles. The summed E-state index contributed by atoms with van der Waals surface area (Å²) in [5, 5.41) is 7.74. The summed E-state index contributed by atoms with van der Waals surface area (Å²) in [4.78, 5) is 2.31. The van der Waals surface area contributed by atoms with Gasteiger partial charge in [-0.3, -0.25) is 5.41 Å². The highest BCUT2D eigenvalue weighted by Crippen LogP contribution is 2.30. The predicted octanol–water partition coefficient (Wildman–Crippen LogP) is 2.60. The Morgan fingerprint density at radius 3 is 2.74 bits per heavy atom. The van der Waals surface area contributed by atoms with Crippen molar-refractivity contribution in [2.24, 2.45) is 11.7 Å². The monoisotopic (exact) mass is 325 g/mol. The first kappa shape index (κ1) is 14.3. The number of benzene rings is 1. The zero-order valence-electron chi connectivity index (χ0n) is 11.2. The number of anilines is 1. The van der Waals surface area contributed by atoms with Crippen molar-refractivity contribution in [2.45, 2.75) is 12.8 Å². The van der Waals surface area contributed by atoms with Gasteiger partial charge in [-0.25, -0.2) is 0 Å². The largest absolute Gasteiger partial charge is 0.384 e. The van der Waals surface area contributed by atoms with Crippen molar-refractivity contribution in [3.05, 3.63) is 28.2 Å². The first-order valence-electron chi connectivity index (χ1n) is 6.50. The Bertz CT molecular complexity index is 456. The van der Waals surface area contributed by atoms with Gasteiger partial charge in [-0.05, 0) is 46.8 Å². The average molecular weight is 326 g/mol. The summed E-state index contributed by atoms with van der Waals surface area (Å²) in [5.74, 6) is 0.760. The molecule has 19 heavy (non-hydrogen) atoms. The summed E-state index contributed by atoms with van der Waals surface area (Å²) in [5.41, 5.74) is 7.56. The lowest BCUT2D eigenvalue weighted by Crippen LogP contribution is -2.36. The quantitative estimate of drug-likeness (QED) is 0.660. The highest BCUT2D eigenvalue weighted by molar-refractivity contribution is 9.10. The van der Waals surface area contributed by atoms with Crippen LogP contribution in [0.25, 0.3) is 0 Å². The number of methoxy groups -OCH3 is 1. The highest BCUT2D eigenvalue weighted by atomic mass is 79.9. The Kier molecular flexibility index (Phi) is 4.82. The number of nitrogens with one attached hydrogen (secondary N) is 1. The molecule has 1 heterocycles. The van der Waals surface area contributed by atoms with Crippen LogP contribution in [0.2, 0.25) is 0 Å². The van der Waals surface area contributed by atoms with Crippen LogP contribution in [0, 0.1) is 11.3 Å². The molecule has 5 heteroatoms. The molecule has 1 aromatic rings. The Morgan fingerprint density at radius 1 is 1.47 bits per heavy atom. The first-order valence-corrected chi connectivity index (χ1v) is 7.29. The van der Waals surface area contributed by atoms with E-state index in [-0.39, 0.29) is 5.84 Å². The smallest absolute Gasteiger partial charge is 0.126 e. The molecule has 1 fully saturated rings. The SMILES string of the molecule is COCC1CCN(c2cccc(Br)c2C(=N)N)CC1. The third-order valence-corrected chi connectivity index (χ3v) is 4.28. The van der Waals surface area contributed by atoms with Gasteiger partial charge in [-0.1, -0.05) is 6.07 Å². The second kappa shape index (κ2) is 6.39. The van der Waals surface area contributed by atoms with E-state index in [2.05, 4.69) is 20.8 Å². The van der Waals surface area contributed by atoms with Crippen LogP contribution in [-0.2, 0) is 4.74 Å². The van der Waals surface area contributed by atoms with E-state index >= 15 is 0 Å². The van der Waals surface area contributed by atoms with Crippen molar-refractivity contribution in [2.75, 3.05) is 31.7 Å². The van der Waals surface area contributed by atoms with E-state index in [9.17, 15) is 0 Å². The fourth-order valence-corrected chi connectivity index (χ4v) is 3.19. The standard InChI is InChI=1S/C14H20BrN3O/c1-19-9-10-5-7-18(8-6-10)12-4-2-3-11(15)13(12)14(16)17/h2-4,10H,5-9H2,1H3,(H3,16,17). The van der Waals surface area contributed by atoms with Crippen LogP contribution in [0.1, 0.15) is 18.4 Å². The van der Waals surface area contributed by atoms with Gasteiger partial charge in [-0.15, -0.1) is 0 Å². The van der Waals surface area contributed by atoms with E-state index in [1.54, 1.807) is 7.11 Å². The molecule has 1 aromatic carbocycles. The van der Waals surface area contributed by atoms with Gasteiger partial charge in [-0.2, -0.15) is 0 Å². The maximum absolute atomic E-state index is 7.74. The summed E-state index contributed by atoms with van der Waals surface area (Å²) in [6.45, 7) is 2.82. The molecule has 0 amide bonds. The number of halogens is 1. The zero-order valence-corrected chi connectivity index (χ0v) is 12.7. The van der Waals surface area contributed by atoms with Crippen molar-refractivity contribution in [1.82, 2.24) is 0 Å². The lowest BCUT2D eigenvalue weighted by Gasteiger charge is -2.34.